The summed E-state index contributed by atoms with van der Waals surface area (Å²) in [5.41, 5.74) is 6.65. The number of hydrogen-bond acceptors (Lipinski definition) is 2. The Bertz CT molecular complexity index is 323. The summed E-state index contributed by atoms with van der Waals surface area (Å²) in [7, 11) is 0. The minimum atomic E-state index is 0.698. The molecule has 0 aliphatic heterocycles. The number of rotatable bonds is 3. The largest absolute Gasteiger partial charge is 0.405 e. The van der Waals surface area contributed by atoms with Crippen LogP contribution in [0.15, 0.2) is 43.3 Å². The number of nitrogens with two attached hydrogens (primary N) is 1. The van der Waals surface area contributed by atoms with E-state index in [1.165, 1.54) is 6.20 Å². The molecule has 0 radical (unpaired) electrons. The van der Waals surface area contributed by atoms with Gasteiger partial charge in [0.1, 0.15) is 5.69 Å². The van der Waals surface area contributed by atoms with E-state index in [0.717, 1.165) is 5.57 Å². The monoisotopic (exact) mass is 170 g/mol. The standard InChI is InChI=1S/C11H10N2/c1-10(6-2-4-8-12)11-7-3-5-9-13-11/h2,4-6,8-9H,1,12H2/b6-2-,8-4-. The Morgan fingerprint density at radius 3 is 3.00 bits per heavy atom. The molecular weight excluding hydrogens is 160 g/mol. The third-order valence-electron chi connectivity index (χ3n) is 1.38. The maximum atomic E-state index is 5.16. The van der Waals surface area contributed by atoms with Crippen molar-refractivity contribution in [1.82, 2.24) is 4.98 Å². The predicted octanol–water partition coefficient (Wildman–Crippen LogP) is 1.72. The Hall–Kier alpha value is -2.01. The molecule has 1 heterocycles. The summed E-state index contributed by atoms with van der Waals surface area (Å²) in [6, 6.07) is 7.35. The van der Waals surface area contributed by atoms with E-state index in [1.54, 1.807) is 24.4 Å². The van der Waals surface area contributed by atoms with Crippen molar-refractivity contribution < 1.29 is 0 Å². The van der Waals surface area contributed by atoms with Crippen LogP contribution < -0.4 is 5.73 Å². The zero-order valence-corrected chi connectivity index (χ0v) is 7.20. The van der Waals surface area contributed by atoms with Crippen molar-refractivity contribution in [2.24, 2.45) is 5.73 Å². The summed E-state index contributed by atoms with van der Waals surface area (Å²) in [5, 5.41) is 0. The van der Waals surface area contributed by atoms with E-state index in [9.17, 15) is 0 Å². The Labute approximate surface area is 78.1 Å². The lowest BCUT2D eigenvalue weighted by Gasteiger charge is -1.92. The Balaban J connectivity index is 2.70. The highest BCUT2D eigenvalue weighted by atomic mass is 14.7. The van der Waals surface area contributed by atoms with Gasteiger partial charge in [0.15, 0.2) is 0 Å². The van der Waals surface area contributed by atoms with Crippen LogP contribution in [0.4, 0.5) is 0 Å². The summed E-state index contributed by atoms with van der Waals surface area (Å²) >= 11 is 0. The van der Waals surface area contributed by atoms with Gasteiger partial charge in [0.05, 0.1) is 0 Å². The molecule has 0 bridgehead atoms. The average Bonchev–Trinajstić information content (AvgIpc) is 2.19. The van der Waals surface area contributed by atoms with Crippen LogP contribution in [0.1, 0.15) is 5.69 Å². The molecule has 2 heteroatoms. The molecule has 0 fully saturated rings. The normalized spacial score (nSPS) is 10.5. The SMILES string of the molecule is C=C(/C=C\C=C/N)c1c#cccn1. The lowest BCUT2D eigenvalue weighted by molar-refractivity contribution is 1.29. The van der Waals surface area contributed by atoms with Gasteiger partial charge in [-0.3, -0.25) is 0 Å². The molecule has 0 amide bonds. The second-order valence-electron chi connectivity index (χ2n) is 2.33. The van der Waals surface area contributed by atoms with Gasteiger partial charge in [-0.15, -0.1) is 0 Å². The molecule has 2 N–H and O–H groups in total. The van der Waals surface area contributed by atoms with E-state index < -0.39 is 0 Å². The van der Waals surface area contributed by atoms with Gasteiger partial charge in [0.2, 0.25) is 0 Å². The number of nitrogens with zero attached hydrogens (tertiary/aromatic N) is 1. The van der Waals surface area contributed by atoms with Crippen LogP contribution in [0.3, 0.4) is 0 Å². The number of aromatic nitrogens is 1. The van der Waals surface area contributed by atoms with Gasteiger partial charge in [-0.25, -0.2) is 4.98 Å². The Morgan fingerprint density at radius 1 is 1.54 bits per heavy atom. The minimum Gasteiger partial charge on any atom is -0.405 e. The molecule has 1 aromatic heterocycles. The molecule has 1 rings (SSSR count). The fourth-order valence-electron chi connectivity index (χ4n) is 0.769. The molecule has 64 valence electrons. The molecule has 0 unspecified atom stereocenters. The number of allylic oxidation sites excluding steroid dienone is 4. The smallest absolute Gasteiger partial charge is 0.120 e. The van der Waals surface area contributed by atoms with E-state index in [0.29, 0.717) is 5.69 Å². The molecule has 2 nitrogen and oxygen atoms in total. The van der Waals surface area contributed by atoms with Crippen molar-refractivity contribution >= 4 is 5.57 Å². The second kappa shape index (κ2) is 4.78. The highest BCUT2D eigenvalue weighted by molar-refractivity contribution is 5.68. The van der Waals surface area contributed by atoms with Crippen molar-refractivity contribution in [3.63, 3.8) is 0 Å². The topological polar surface area (TPSA) is 38.9 Å². The summed E-state index contributed by atoms with van der Waals surface area (Å²) in [6.07, 6.45) is 8.44. The fraction of sp³-hybridized carbons (Fsp3) is 0. The molecule has 13 heavy (non-hydrogen) atoms. The number of hydrogen-bond donors (Lipinski definition) is 1. The molecule has 0 aliphatic carbocycles. The van der Waals surface area contributed by atoms with E-state index in [4.69, 9.17) is 5.73 Å². The first-order valence-electron chi connectivity index (χ1n) is 3.83. The molecule has 0 saturated heterocycles. The highest BCUT2D eigenvalue weighted by Gasteiger charge is 1.91. The summed E-state index contributed by atoms with van der Waals surface area (Å²) in [5.74, 6) is 0. The lowest BCUT2D eigenvalue weighted by atomic mass is 10.2. The molecule has 0 saturated carbocycles. The molecule has 1 aromatic rings. The molecule has 0 spiro atoms. The van der Waals surface area contributed by atoms with Crippen LogP contribution in [-0.4, -0.2) is 4.98 Å². The van der Waals surface area contributed by atoms with Crippen LogP contribution in [-0.2, 0) is 0 Å². The predicted molar refractivity (Wildman–Crippen MR) is 53.4 cm³/mol. The Morgan fingerprint density at radius 2 is 2.38 bits per heavy atom. The first kappa shape index (κ1) is 9.08. The van der Waals surface area contributed by atoms with Gasteiger partial charge in [0, 0.05) is 17.8 Å². The summed E-state index contributed by atoms with van der Waals surface area (Å²) in [4.78, 5) is 4.06. The summed E-state index contributed by atoms with van der Waals surface area (Å²) in [6.45, 7) is 3.82. The van der Waals surface area contributed by atoms with E-state index >= 15 is 0 Å². The van der Waals surface area contributed by atoms with E-state index in [1.807, 2.05) is 6.08 Å². The van der Waals surface area contributed by atoms with Gasteiger partial charge in [0.25, 0.3) is 0 Å². The van der Waals surface area contributed by atoms with Crippen LogP contribution >= 0.6 is 0 Å². The van der Waals surface area contributed by atoms with Gasteiger partial charge in [-0.2, -0.15) is 0 Å². The quantitative estimate of drug-likeness (QED) is 0.701. The average molecular weight is 170 g/mol. The maximum absolute atomic E-state index is 5.16. The van der Waals surface area contributed by atoms with Gasteiger partial charge >= 0.3 is 0 Å². The van der Waals surface area contributed by atoms with Crippen molar-refractivity contribution in [1.29, 1.82) is 0 Å². The molecule has 0 aromatic carbocycles. The molecular formula is C11H10N2. The van der Waals surface area contributed by atoms with Crippen LogP contribution in [0.25, 0.3) is 5.57 Å². The van der Waals surface area contributed by atoms with Crippen LogP contribution in [0.5, 0.6) is 0 Å². The van der Waals surface area contributed by atoms with Crippen molar-refractivity contribution in [3.05, 3.63) is 61.1 Å². The van der Waals surface area contributed by atoms with Gasteiger partial charge in [-0.05, 0) is 18.3 Å². The lowest BCUT2D eigenvalue weighted by Crippen LogP contribution is -1.81. The van der Waals surface area contributed by atoms with Crippen LogP contribution in [0.2, 0.25) is 0 Å². The fourth-order valence-corrected chi connectivity index (χ4v) is 0.769. The summed E-state index contributed by atoms with van der Waals surface area (Å²) < 4.78 is 0. The zero-order chi connectivity index (χ0) is 9.52. The third kappa shape index (κ3) is 2.84. The van der Waals surface area contributed by atoms with Gasteiger partial charge in [-0.1, -0.05) is 24.8 Å². The van der Waals surface area contributed by atoms with Crippen molar-refractivity contribution in [2.75, 3.05) is 0 Å². The molecule has 0 atom stereocenters. The first-order valence-corrected chi connectivity index (χ1v) is 3.83. The van der Waals surface area contributed by atoms with E-state index in [2.05, 4.69) is 23.7 Å². The maximum Gasteiger partial charge on any atom is 0.120 e. The minimum absolute atomic E-state index is 0.698. The molecule has 0 aliphatic rings. The van der Waals surface area contributed by atoms with E-state index in [-0.39, 0.29) is 0 Å². The van der Waals surface area contributed by atoms with Gasteiger partial charge < -0.3 is 5.73 Å². The highest BCUT2D eigenvalue weighted by Crippen LogP contribution is 2.06. The van der Waals surface area contributed by atoms with Crippen LogP contribution in [0, 0.1) is 12.1 Å². The Kier molecular flexibility index (Phi) is 3.34. The van der Waals surface area contributed by atoms with Crippen molar-refractivity contribution in [3.8, 4) is 0 Å². The second-order valence-corrected chi connectivity index (χ2v) is 2.33. The zero-order valence-electron chi connectivity index (χ0n) is 7.20. The first-order chi connectivity index (χ1) is 6.34. The van der Waals surface area contributed by atoms with Crippen molar-refractivity contribution in [2.45, 2.75) is 0 Å². The third-order valence-corrected chi connectivity index (χ3v) is 1.38.